The molecule has 0 aromatic heterocycles. The van der Waals surface area contributed by atoms with Crippen molar-refractivity contribution in [2.24, 2.45) is 0 Å². The normalized spacial score (nSPS) is 9.93. The van der Waals surface area contributed by atoms with Crippen molar-refractivity contribution in [2.75, 3.05) is 13.7 Å². The summed E-state index contributed by atoms with van der Waals surface area (Å²) in [6.45, 7) is 1.24. The summed E-state index contributed by atoms with van der Waals surface area (Å²) in [7, 11) is 1.64. The molecule has 15 heavy (non-hydrogen) atoms. The molecular formula is C12H17NO2. The first-order chi connectivity index (χ1) is 7.33. The van der Waals surface area contributed by atoms with Gasteiger partial charge in [0.05, 0.1) is 0 Å². The molecule has 0 unspecified atom stereocenters. The lowest BCUT2D eigenvalue weighted by Gasteiger charge is -2.04. The second-order valence-electron chi connectivity index (χ2n) is 3.36. The molecule has 0 heterocycles. The van der Waals surface area contributed by atoms with Crippen LogP contribution in [0, 0.1) is 0 Å². The average Bonchev–Trinajstić information content (AvgIpc) is 2.28. The highest BCUT2D eigenvalue weighted by Crippen LogP contribution is 1.98. The van der Waals surface area contributed by atoms with E-state index in [4.69, 9.17) is 4.74 Å². The first kappa shape index (κ1) is 11.7. The minimum absolute atomic E-state index is 0.0795. The summed E-state index contributed by atoms with van der Waals surface area (Å²) in [6, 6.07) is 9.88. The Morgan fingerprint density at radius 1 is 1.33 bits per heavy atom. The zero-order chi connectivity index (χ0) is 10.9. The maximum atomic E-state index is 11.3. The van der Waals surface area contributed by atoms with Crippen LogP contribution in [0.25, 0.3) is 0 Å². The summed E-state index contributed by atoms with van der Waals surface area (Å²) >= 11 is 0. The van der Waals surface area contributed by atoms with E-state index in [1.165, 1.54) is 0 Å². The third-order valence-corrected chi connectivity index (χ3v) is 2.08. The van der Waals surface area contributed by atoms with E-state index in [1.54, 1.807) is 7.11 Å². The Bertz CT molecular complexity index is 285. The summed E-state index contributed by atoms with van der Waals surface area (Å²) in [5, 5.41) is 2.86. The van der Waals surface area contributed by atoms with E-state index in [2.05, 4.69) is 5.32 Å². The van der Waals surface area contributed by atoms with Crippen molar-refractivity contribution in [3.63, 3.8) is 0 Å². The minimum atomic E-state index is 0.0795. The number of hydrogen-bond acceptors (Lipinski definition) is 2. The second kappa shape index (κ2) is 7.01. The van der Waals surface area contributed by atoms with Crippen LogP contribution >= 0.6 is 0 Å². The molecule has 1 N–H and O–H groups in total. The van der Waals surface area contributed by atoms with E-state index in [0.717, 1.165) is 12.0 Å². The van der Waals surface area contributed by atoms with Gasteiger partial charge in [0, 0.05) is 26.7 Å². The van der Waals surface area contributed by atoms with E-state index in [-0.39, 0.29) is 5.91 Å². The van der Waals surface area contributed by atoms with Crippen LogP contribution < -0.4 is 5.32 Å². The average molecular weight is 207 g/mol. The van der Waals surface area contributed by atoms with Crippen molar-refractivity contribution in [1.82, 2.24) is 5.32 Å². The summed E-state index contributed by atoms with van der Waals surface area (Å²) in [6.07, 6.45) is 1.30. The molecule has 0 atom stereocenters. The third-order valence-electron chi connectivity index (χ3n) is 2.08. The molecule has 0 radical (unpaired) electrons. The first-order valence-electron chi connectivity index (χ1n) is 5.12. The van der Waals surface area contributed by atoms with Gasteiger partial charge < -0.3 is 10.1 Å². The third kappa shape index (κ3) is 5.18. The summed E-state index contributed by atoms with van der Waals surface area (Å²) in [5.41, 5.74) is 1.12. The highest BCUT2D eigenvalue weighted by molar-refractivity contribution is 5.75. The molecule has 0 bridgehead atoms. The van der Waals surface area contributed by atoms with Crippen molar-refractivity contribution >= 4 is 5.91 Å². The lowest BCUT2D eigenvalue weighted by molar-refractivity contribution is -0.121. The number of benzene rings is 1. The van der Waals surface area contributed by atoms with Gasteiger partial charge in [-0.1, -0.05) is 30.3 Å². The van der Waals surface area contributed by atoms with Crippen LogP contribution in [0.15, 0.2) is 30.3 Å². The number of nitrogens with one attached hydrogen (secondary N) is 1. The Balaban J connectivity index is 2.17. The summed E-state index contributed by atoms with van der Waals surface area (Å²) in [5.74, 6) is 0.0795. The fourth-order valence-electron chi connectivity index (χ4n) is 1.26. The van der Waals surface area contributed by atoms with Crippen molar-refractivity contribution in [3.05, 3.63) is 35.9 Å². The lowest BCUT2D eigenvalue weighted by Crippen LogP contribution is -2.22. The predicted molar refractivity (Wildman–Crippen MR) is 59.4 cm³/mol. The van der Waals surface area contributed by atoms with Gasteiger partial charge in [0.1, 0.15) is 0 Å². The molecule has 0 aliphatic carbocycles. The number of hydrogen-bond donors (Lipinski definition) is 1. The number of carbonyl (C=O) groups is 1. The maximum Gasteiger partial charge on any atom is 0.220 e. The summed E-state index contributed by atoms with van der Waals surface area (Å²) in [4.78, 5) is 11.3. The number of carbonyl (C=O) groups excluding carboxylic acids is 1. The molecule has 3 nitrogen and oxygen atoms in total. The van der Waals surface area contributed by atoms with E-state index >= 15 is 0 Å². The Morgan fingerprint density at radius 2 is 2.07 bits per heavy atom. The van der Waals surface area contributed by atoms with Gasteiger partial charge in [-0.2, -0.15) is 0 Å². The summed E-state index contributed by atoms with van der Waals surface area (Å²) < 4.78 is 4.88. The van der Waals surface area contributed by atoms with Crippen LogP contribution in [0.3, 0.4) is 0 Å². The van der Waals surface area contributed by atoms with Gasteiger partial charge in [0.15, 0.2) is 0 Å². The fourth-order valence-corrected chi connectivity index (χ4v) is 1.26. The number of rotatable bonds is 6. The molecule has 0 spiro atoms. The fraction of sp³-hybridized carbons (Fsp3) is 0.417. The predicted octanol–water partition coefficient (Wildman–Crippen LogP) is 1.73. The smallest absolute Gasteiger partial charge is 0.220 e. The Hall–Kier alpha value is -1.35. The zero-order valence-electron chi connectivity index (χ0n) is 9.03. The largest absolute Gasteiger partial charge is 0.385 e. The molecule has 0 saturated heterocycles. The van der Waals surface area contributed by atoms with Crippen LogP contribution in [0.1, 0.15) is 18.4 Å². The standard InChI is InChI=1S/C12H17NO2/c1-15-9-5-8-12(14)13-10-11-6-3-2-4-7-11/h2-4,6-7H,5,8-10H2,1H3,(H,13,14). The second-order valence-corrected chi connectivity index (χ2v) is 3.36. The number of amides is 1. The van der Waals surface area contributed by atoms with Crippen molar-refractivity contribution in [1.29, 1.82) is 0 Å². The Morgan fingerprint density at radius 3 is 2.73 bits per heavy atom. The monoisotopic (exact) mass is 207 g/mol. The molecule has 1 aromatic rings. The first-order valence-corrected chi connectivity index (χ1v) is 5.12. The molecule has 0 saturated carbocycles. The Labute approximate surface area is 90.4 Å². The quantitative estimate of drug-likeness (QED) is 0.721. The van der Waals surface area contributed by atoms with E-state index in [9.17, 15) is 4.79 Å². The van der Waals surface area contributed by atoms with Crippen LogP contribution in [0.5, 0.6) is 0 Å². The van der Waals surface area contributed by atoms with Crippen LogP contribution in [0.2, 0.25) is 0 Å². The molecule has 1 amide bonds. The van der Waals surface area contributed by atoms with Gasteiger partial charge in [-0.25, -0.2) is 0 Å². The van der Waals surface area contributed by atoms with E-state index < -0.39 is 0 Å². The van der Waals surface area contributed by atoms with Gasteiger partial charge in [-0.3, -0.25) is 4.79 Å². The number of ether oxygens (including phenoxy) is 1. The molecule has 82 valence electrons. The molecule has 0 aliphatic heterocycles. The highest BCUT2D eigenvalue weighted by Gasteiger charge is 2.00. The van der Waals surface area contributed by atoms with Crippen LogP contribution in [0.4, 0.5) is 0 Å². The van der Waals surface area contributed by atoms with Crippen LogP contribution in [-0.2, 0) is 16.1 Å². The van der Waals surface area contributed by atoms with Gasteiger partial charge in [0.2, 0.25) is 5.91 Å². The maximum absolute atomic E-state index is 11.3. The highest BCUT2D eigenvalue weighted by atomic mass is 16.5. The topological polar surface area (TPSA) is 38.3 Å². The molecule has 0 aliphatic rings. The van der Waals surface area contributed by atoms with Crippen molar-refractivity contribution in [3.8, 4) is 0 Å². The Kier molecular flexibility index (Phi) is 5.48. The molecular weight excluding hydrogens is 190 g/mol. The van der Waals surface area contributed by atoms with Crippen LogP contribution in [-0.4, -0.2) is 19.6 Å². The van der Waals surface area contributed by atoms with Gasteiger partial charge in [0.25, 0.3) is 0 Å². The minimum Gasteiger partial charge on any atom is -0.385 e. The SMILES string of the molecule is COCCCC(=O)NCc1ccccc1. The lowest BCUT2D eigenvalue weighted by atomic mass is 10.2. The van der Waals surface area contributed by atoms with Gasteiger partial charge in [-0.15, -0.1) is 0 Å². The molecule has 0 fully saturated rings. The van der Waals surface area contributed by atoms with Crippen molar-refractivity contribution in [2.45, 2.75) is 19.4 Å². The molecule has 3 heteroatoms. The van der Waals surface area contributed by atoms with E-state index in [1.807, 2.05) is 30.3 Å². The molecule has 1 aromatic carbocycles. The van der Waals surface area contributed by atoms with Crippen molar-refractivity contribution < 1.29 is 9.53 Å². The number of methoxy groups -OCH3 is 1. The zero-order valence-corrected chi connectivity index (χ0v) is 9.03. The van der Waals surface area contributed by atoms with E-state index in [0.29, 0.717) is 19.6 Å². The van der Waals surface area contributed by atoms with Gasteiger partial charge in [-0.05, 0) is 12.0 Å². The van der Waals surface area contributed by atoms with Gasteiger partial charge >= 0.3 is 0 Å². The molecule has 1 rings (SSSR count).